The molecule has 0 spiro atoms. The molecule has 0 heterocycles. The van der Waals surface area contributed by atoms with Crippen LogP contribution < -0.4 is 4.74 Å². The van der Waals surface area contributed by atoms with Gasteiger partial charge in [-0.15, -0.1) is 0 Å². The summed E-state index contributed by atoms with van der Waals surface area (Å²) < 4.78 is 6.53. The van der Waals surface area contributed by atoms with Crippen LogP contribution in [0.4, 0.5) is 0 Å². The van der Waals surface area contributed by atoms with Crippen molar-refractivity contribution in [2.75, 3.05) is 0 Å². The molecule has 2 nitrogen and oxygen atoms in total. The maximum Gasteiger partial charge on any atom is 0.202 e. The molecule has 0 aromatic heterocycles. The lowest BCUT2D eigenvalue weighted by molar-refractivity contribution is 0.0818. The third-order valence-electron chi connectivity index (χ3n) is 2.61. The summed E-state index contributed by atoms with van der Waals surface area (Å²) in [5, 5.41) is 0.584. The molecule has 2 aromatic rings. The lowest BCUT2D eigenvalue weighted by Gasteiger charge is -2.14. The fraction of sp³-hybridized carbons (Fsp3) is 0.133. The molecule has 0 saturated carbocycles. The number of carbonyl (C=O) groups is 1. The third kappa shape index (κ3) is 3.82. The van der Waals surface area contributed by atoms with Crippen LogP contribution in [-0.4, -0.2) is 11.9 Å². The summed E-state index contributed by atoms with van der Waals surface area (Å²) in [6, 6.07) is 14.2. The highest BCUT2D eigenvalue weighted by Crippen LogP contribution is 2.20. The Bertz CT molecular complexity index is 581. The first-order valence-corrected chi connectivity index (χ1v) is 6.95. The fourth-order valence-electron chi connectivity index (χ4n) is 1.65. The predicted molar refractivity (Wildman–Crippen MR) is 80.0 cm³/mol. The van der Waals surface area contributed by atoms with Crippen molar-refractivity contribution in [3.63, 3.8) is 0 Å². The van der Waals surface area contributed by atoms with Crippen molar-refractivity contribution < 1.29 is 9.53 Å². The molecule has 2 aromatic carbocycles. The number of ketones is 1. The monoisotopic (exact) mass is 338 g/mol. The van der Waals surface area contributed by atoms with E-state index in [9.17, 15) is 4.79 Å². The van der Waals surface area contributed by atoms with Crippen molar-refractivity contribution >= 4 is 33.3 Å². The van der Waals surface area contributed by atoms with Gasteiger partial charge in [0.25, 0.3) is 0 Å². The smallest absolute Gasteiger partial charge is 0.202 e. The van der Waals surface area contributed by atoms with E-state index in [1.807, 2.05) is 12.1 Å². The average Bonchev–Trinajstić information content (AvgIpc) is 2.39. The van der Waals surface area contributed by atoms with Crippen molar-refractivity contribution in [2.24, 2.45) is 0 Å². The lowest BCUT2D eigenvalue weighted by Crippen LogP contribution is -2.23. The van der Waals surface area contributed by atoms with Crippen LogP contribution in [0, 0.1) is 0 Å². The van der Waals surface area contributed by atoms with Gasteiger partial charge < -0.3 is 4.74 Å². The van der Waals surface area contributed by atoms with Gasteiger partial charge in [-0.2, -0.15) is 0 Å². The Morgan fingerprint density at radius 3 is 2.53 bits per heavy atom. The lowest BCUT2D eigenvalue weighted by atomic mass is 10.1. The van der Waals surface area contributed by atoms with Gasteiger partial charge in [0.1, 0.15) is 5.75 Å². The van der Waals surface area contributed by atoms with E-state index in [-0.39, 0.29) is 5.78 Å². The van der Waals surface area contributed by atoms with Crippen molar-refractivity contribution in [3.8, 4) is 5.75 Å². The minimum absolute atomic E-state index is 0.0625. The highest BCUT2D eigenvalue weighted by atomic mass is 79.9. The zero-order valence-electron chi connectivity index (χ0n) is 10.3. The molecule has 0 aliphatic heterocycles. The summed E-state index contributed by atoms with van der Waals surface area (Å²) in [6.07, 6.45) is -0.556. The number of halogens is 2. The SMILES string of the molecule is CC(Oc1cccc(Cl)c1)C(=O)c1ccc(Br)cc1. The van der Waals surface area contributed by atoms with Crippen LogP contribution in [0.25, 0.3) is 0 Å². The molecular weight excluding hydrogens is 328 g/mol. The number of hydrogen-bond acceptors (Lipinski definition) is 2. The van der Waals surface area contributed by atoms with Crippen molar-refractivity contribution in [2.45, 2.75) is 13.0 Å². The van der Waals surface area contributed by atoms with E-state index in [4.69, 9.17) is 16.3 Å². The van der Waals surface area contributed by atoms with Gasteiger partial charge in [0.15, 0.2) is 6.10 Å². The summed E-state index contributed by atoms with van der Waals surface area (Å²) in [5.41, 5.74) is 0.623. The second-order valence-electron chi connectivity index (χ2n) is 4.09. The first-order chi connectivity index (χ1) is 9.06. The maximum atomic E-state index is 12.2. The molecule has 98 valence electrons. The Kier molecular flexibility index (Phi) is 4.61. The molecule has 1 atom stereocenters. The van der Waals surface area contributed by atoms with Gasteiger partial charge in [0, 0.05) is 15.1 Å². The highest BCUT2D eigenvalue weighted by Gasteiger charge is 2.16. The van der Waals surface area contributed by atoms with Crippen LogP contribution in [-0.2, 0) is 0 Å². The first kappa shape index (κ1) is 14.1. The van der Waals surface area contributed by atoms with Gasteiger partial charge in [0.2, 0.25) is 5.78 Å². The van der Waals surface area contributed by atoms with Crippen LogP contribution in [0.1, 0.15) is 17.3 Å². The van der Waals surface area contributed by atoms with E-state index in [1.165, 1.54) is 0 Å². The minimum atomic E-state index is -0.556. The minimum Gasteiger partial charge on any atom is -0.483 e. The van der Waals surface area contributed by atoms with Gasteiger partial charge in [0.05, 0.1) is 0 Å². The van der Waals surface area contributed by atoms with E-state index in [2.05, 4.69) is 15.9 Å². The van der Waals surface area contributed by atoms with Crippen LogP contribution in [0.5, 0.6) is 5.75 Å². The molecule has 1 unspecified atom stereocenters. The van der Waals surface area contributed by atoms with E-state index in [1.54, 1.807) is 43.3 Å². The number of carbonyl (C=O) groups excluding carboxylic acids is 1. The predicted octanol–water partition coefficient (Wildman–Crippen LogP) is 4.75. The summed E-state index contributed by atoms with van der Waals surface area (Å²) in [7, 11) is 0. The zero-order valence-corrected chi connectivity index (χ0v) is 12.6. The standard InChI is InChI=1S/C15H12BrClO2/c1-10(19-14-4-2-3-13(17)9-14)15(18)11-5-7-12(16)8-6-11/h2-10H,1H3. The van der Waals surface area contributed by atoms with Gasteiger partial charge in [-0.1, -0.05) is 45.7 Å². The van der Waals surface area contributed by atoms with Gasteiger partial charge in [-0.25, -0.2) is 0 Å². The summed E-state index contributed by atoms with van der Waals surface area (Å²) in [5.74, 6) is 0.526. The van der Waals surface area contributed by atoms with Crippen molar-refractivity contribution in [1.29, 1.82) is 0 Å². The van der Waals surface area contributed by atoms with E-state index in [0.29, 0.717) is 16.3 Å². The Hall–Kier alpha value is -1.32. The molecule has 0 amide bonds. The summed E-state index contributed by atoms with van der Waals surface area (Å²) in [4.78, 5) is 12.2. The molecule has 0 fully saturated rings. The molecule has 0 bridgehead atoms. The fourth-order valence-corrected chi connectivity index (χ4v) is 2.09. The van der Waals surface area contributed by atoms with E-state index < -0.39 is 6.10 Å². The molecule has 19 heavy (non-hydrogen) atoms. The van der Waals surface area contributed by atoms with Crippen molar-refractivity contribution in [3.05, 3.63) is 63.6 Å². The Morgan fingerprint density at radius 2 is 1.89 bits per heavy atom. The third-order valence-corrected chi connectivity index (χ3v) is 3.37. The largest absolute Gasteiger partial charge is 0.483 e. The normalized spacial score (nSPS) is 11.9. The van der Waals surface area contributed by atoms with Crippen LogP contribution in [0.2, 0.25) is 5.02 Å². The molecule has 2 rings (SSSR count). The Labute approximate surface area is 125 Å². The molecule has 0 N–H and O–H groups in total. The molecule has 0 saturated heterocycles. The topological polar surface area (TPSA) is 26.3 Å². The average molecular weight is 340 g/mol. The van der Waals surface area contributed by atoms with Crippen molar-refractivity contribution in [1.82, 2.24) is 0 Å². The molecule has 0 aliphatic carbocycles. The number of hydrogen-bond donors (Lipinski definition) is 0. The maximum absolute atomic E-state index is 12.2. The second-order valence-corrected chi connectivity index (χ2v) is 5.44. The molecular formula is C15H12BrClO2. The number of Topliss-reactive ketones (excluding diaryl/α,β-unsaturated/α-hetero) is 1. The number of ether oxygens (including phenoxy) is 1. The first-order valence-electron chi connectivity index (χ1n) is 5.78. The molecule has 0 aliphatic rings. The van der Waals surface area contributed by atoms with Gasteiger partial charge in [-0.05, 0) is 37.3 Å². The Morgan fingerprint density at radius 1 is 1.21 bits per heavy atom. The van der Waals surface area contributed by atoms with Gasteiger partial charge in [-0.3, -0.25) is 4.79 Å². The van der Waals surface area contributed by atoms with Gasteiger partial charge >= 0.3 is 0 Å². The zero-order chi connectivity index (χ0) is 13.8. The summed E-state index contributed by atoms with van der Waals surface area (Å²) >= 11 is 9.21. The van der Waals surface area contributed by atoms with Crippen LogP contribution in [0.15, 0.2) is 53.0 Å². The number of rotatable bonds is 4. The Balaban J connectivity index is 2.09. The number of benzene rings is 2. The van der Waals surface area contributed by atoms with E-state index >= 15 is 0 Å². The summed E-state index contributed by atoms with van der Waals surface area (Å²) in [6.45, 7) is 1.73. The van der Waals surface area contributed by atoms with Crippen LogP contribution in [0.3, 0.4) is 0 Å². The molecule has 4 heteroatoms. The van der Waals surface area contributed by atoms with E-state index in [0.717, 1.165) is 4.47 Å². The van der Waals surface area contributed by atoms with Crippen LogP contribution >= 0.6 is 27.5 Å². The second kappa shape index (κ2) is 6.22. The quantitative estimate of drug-likeness (QED) is 0.751. The molecule has 0 radical (unpaired) electrons. The highest BCUT2D eigenvalue weighted by molar-refractivity contribution is 9.10.